The number of nitrogens with one attached hydrogen (secondary N) is 2. The number of amides is 2. The number of aromatic nitrogens is 5. The van der Waals surface area contributed by atoms with Crippen molar-refractivity contribution in [1.82, 2.24) is 35.4 Å². The molecule has 172 valence electrons. The van der Waals surface area contributed by atoms with Gasteiger partial charge in [-0.05, 0) is 37.3 Å². The zero-order valence-electron chi connectivity index (χ0n) is 18.8. The smallest absolute Gasteiger partial charge is 0.266 e. The molecule has 5 aromatic rings. The van der Waals surface area contributed by atoms with Crippen LogP contribution in [0.2, 0.25) is 0 Å². The first-order valence-electron chi connectivity index (χ1n) is 10.9. The molecule has 2 N–H and O–H groups in total. The third-order valence-corrected chi connectivity index (χ3v) is 5.25. The maximum absolute atomic E-state index is 12.8. The van der Waals surface area contributed by atoms with Crippen molar-refractivity contribution >= 4 is 11.8 Å². The highest BCUT2D eigenvalue weighted by molar-refractivity contribution is 5.96. The van der Waals surface area contributed by atoms with E-state index in [1.54, 1.807) is 15.4 Å². The molecule has 5 rings (SSSR count). The molecule has 9 heteroatoms. The first kappa shape index (κ1) is 21.8. The van der Waals surface area contributed by atoms with E-state index in [4.69, 9.17) is 0 Å². The molecule has 2 heterocycles. The zero-order valence-corrected chi connectivity index (χ0v) is 18.8. The van der Waals surface area contributed by atoms with Crippen molar-refractivity contribution in [2.24, 2.45) is 0 Å². The number of carbonyl (C=O) groups excluding carboxylic acids is 2. The van der Waals surface area contributed by atoms with Crippen LogP contribution in [0.25, 0.3) is 22.8 Å². The van der Waals surface area contributed by atoms with Crippen LogP contribution >= 0.6 is 0 Å². The maximum Gasteiger partial charge on any atom is 0.309 e. The summed E-state index contributed by atoms with van der Waals surface area (Å²) in [7, 11) is 0. The summed E-state index contributed by atoms with van der Waals surface area (Å²) in [6.07, 6.45) is 0. The summed E-state index contributed by atoms with van der Waals surface area (Å²) >= 11 is 0. The first-order valence-corrected chi connectivity index (χ1v) is 10.9. The fourth-order valence-electron chi connectivity index (χ4n) is 3.58. The molecule has 2 aromatic heterocycles. The molecule has 0 unspecified atom stereocenters. The first-order chi connectivity index (χ1) is 17.1. The molecular weight excluding hydrogens is 442 g/mol. The molecule has 0 aliphatic rings. The quantitative estimate of drug-likeness (QED) is 0.388. The van der Waals surface area contributed by atoms with Crippen LogP contribution in [0.3, 0.4) is 0 Å². The molecule has 9 nitrogen and oxygen atoms in total. The van der Waals surface area contributed by atoms with Crippen LogP contribution in [0, 0.1) is 6.92 Å². The fourth-order valence-corrected chi connectivity index (χ4v) is 3.58. The number of hydrogen-bond acceptors (Lipinski definition) is 5. The average molecular weight is 464 g/mol. The van der Waals surface area contributed by atoms with Gasteiger partial charge in [0.15, 0.2) is 11.5 Å². The summed E-state index contributed by atoms with van der Waals surface area (Å²) in [5, 5.41) is 8.73. The molecule has 3 aromatic carbocycles. The molecule has 0 saturated heterocycles. The van der Waals surface area contributed by atoms with Gasteiger partial charge in [0.25, 0.3) is 5.91 Å². The monoisotopic (exact) mass is 463 g/mol. The standard InChI is InChI=1S/C26H21N7O2/c1-18-17-22(30-32(18)20-13-7-3-8-14-20)25(34)28-29-26(35)23-27-24(19-11-5-2-6-12-19)33(31-23)21-15-9-4-10-16-21/h2-17H,1H3,(H,28,34)(H,29,35). The largest absolute Gasteiger partial charge is 0.309 e. The third kappa shape index (κ3) is 4.55. The van der Waals surface area contributed by atoms with Crippen molar-refractivity contribution in [2.75, 3.05) is 0 Å². The Balaban J connectivity index is 1.35. The molecule has 0 bridgehead atoms. The Labute approximate surface area is 201 Å². The number of nitrogens with zero attached hydrogens (tertiary/aromatic N) is 5. The van der Waals surface area contributed by atoms with Crippen LogP contribution in [-0.4, -0.2) is 36.4 Å². The number of carbonyl (C=O) groups is 2. The second-order valence-corrected chi connectivity index (χ2v) is 7.70. The molecule has 0 spiro atoms. The van der Waals surface area contributed by atoms with Gasteiger partial charge in [-0.25, -0.2) is 14.3 Å². The van der Waals surface area contributed by atoms with E-state index < -0.39 is 11.8 Å². The average Bonchev–Trinajstić information content (AvgIpc) is 3.53. The molecule has 0 aliphatic carbocycles. The number of rotatable bonds is 5. The van der Waals surface area contributed by atoms with Crippen LogP contribution in [0.1, 0.15) is 26.8 Å². The van der Waals surface area contributed by atoms with E-state index in [1.807, 2.05) is 97.9 Å². The molecule has 0 atom stereocenters. The summed E-state index contributed by atoms with van der Waals surface area (Å²) in [6.45, 7) is 1.85. The van der Waals surface area contributed by atoms with Crippen LogP contribution in [0.5, 0.6) is 0 Å². The SMILES string of the molecule is Cc1cc(C(=O)NNC(=O)c2nc(-c3ccccc3)n(-c3ccccc3)n2)nn1-c1ccccc1. The Kier molecular flexibility index (Phi) is 5.87. The van der Waals surface area contributed by atoms with E-state index in [2.05, 4.69) is 26.0 Å². The van der Waals surface area contributed by atoms with Crippen molar-refractivity contribution in [3.05, 3.63) is 114 Å². The van der Waals surface area contributed by atoms with Gasteiger partial charge in [-0.15, -0.1) is 5.10 Å². The molecule has 2 amide bonds. The van der Waals surface area contributed by atoms with Gasteiger partial charge in [0.2, 0.25) is 5.82 Å². The van der Waals surface area contributed by atoms with Crippen molar-refractivity contribution in [1.29, 1.82) is 0 Å². The molecule has 35 heavy (non-hydrogen) atoms. The van der Waals surface area contributed by atoms with Crippen LogP contribution in [0.4, 0.5) is 0 Å². The number of aryl methyl sites for hydroxylation is 1. The van der Waals surface area contributed by atoms with Gasteiger partial charge in [-0.3, -0.25) is 20.4 Å². The Morgan fingerprint density at radius 3 is 1.86 bits per heavy atom. The van der Waals surface area contributed by atoms with E-state index in [9.17, 15) is 9.59 Å². The summed E-state index contributed by atoms with van der Waals surface area (Å²) in [4.78, 5) is 29.9. The van der Waals surface area contributed by atoms with Crippen molar-refractivity contribution in [3.8, 4) is 22.8 Å². The molecule has 0 saturated carbocycles. The topological polar surface area (TPSA) is 107 Å². The highest BCUT2D eigenvalue weighted by Crippen LogP contribution is 2.21. The van der Waals surface area contributed by atoms with Crippen molar-refractivity contribution in [2.45, 2.75) is 6.92 Å². The second kappa shape index (κ2) is 9.44. The lowest BCUT2D eigenvalue weighted by molar-refractivity contribution is 0.0838. The summed E-state index contributed by atoms with van der Waals surface area (Å²) in [5.74, 6) is -0.782. The Hall–Kier alpha value is -5.05. The summed E-state index contributed by atoms with van der Waals surface area (Å²) in [6, 6.07) is 29.9. The van der Waals surface area contributed by atoms with Crippen LogP contribution in [0.15, 0.2) is 97.1 Å². The van der Waals surface area contributed by atoms with E-state index in [0.717, 1.165) is 22.6 Å². The molecule has 0 fully saturated rings. The predicted octanol–water partition coefficient (Wildman–Crippen LogP) is 3.50. The van der Waals surface area contributed by atoms with Gasteiger partial charge < -0.3 is 0 Å². The minimum absolute atomic E-state index is 0.0843. The van der Waals surface area contributed by atoms with Gasteiger partial charge in [0.1, 0.15) is 0 Å². The van der Waals surface area contributed by atoms with Crippen molar-refractivity contribution in [3.63, 3.8) is 0 Å². The van der Waals surface area contributed by atoms with Gasteiger partial charge >= 0.3 is 5.91 Å². The lowest BCUT2D eigenvalue weighted by Gasteiger charge is -2.05. The summed E-state index contributed by atoms with van der Waals surface area (Å²) < 4.78 is 3.25. The van der Waals surface area contributed by atoms with E-state index in [-0.39, 0.29) is 11.5 Å². The Bertz CT molecular complexity index is 1420. The van der Waals surface area contributed by atoms with Crippen molar-refractivity contribution < 1.29 is 9.59 Å². The second-order valence-electron chi connectivity index (χ2n) is 7.70. The van der Waals surface area contributed by atoms with E-state index in [1.165, 1.54) is 0 Å². The molecule has 0 radical (unpaired) electrons. The van der Waals surface area contributed by atoms with Crippen LogP contribution < -0.4 is 10.9 Å². The number of para-hydroxylation sites is 2. The zero-order chi connectivity index (χ0) is 24.2. The number of hydrazine groups is 1. The van der Waals surface area contributed by atoms with Gasteiger partial charge in [0.05, 0.1) is 11.4 Å². The van der Waals surface area contributed by atoms with E-state index >= 15 is 0 Å². The highest BCUT2D eigenvalue weighted by atomic mass is 16.2. The Morgan fingerprint density at radius 2 is 1.23 bits per heavy atom. The van der Waals surface area contributed by atoms with Crippen LogP contribution in [-0.2, 0) is 0 Å². The lowest BCUT2D eigenvalue weighted by atomic mass is 10.2. The summed E-state index contributed by atoms with van der Waals surface area (Å²) in [5.41, 5.74) is 8.11. The molecular formula is C26H21N7O2. The van der Waals surface area contributed by atoms with E-state index in [0.29, 0.717) is 5.82 Å². The predicted molar refractivity (Wildman–Crippen MR) is 130 cm³/mol. The Morgan fingerprint density at radius 1 is 0.686 bits per heavy atom. The third-order valence-electron chi connectivity index (χ3n) is 5.25. The minimum Gasteiger partial charge on any atom is -0.266 e. The molecule has 0 aliphatic heterocycles. The van der Waals surface area contributed by atoms with Gasteiger partial charge in [-0.1, -0.05) is 66.7 Å². The van der Waals surface area contributed by atoms with Gasteiger partial charge in [-0.2, -0.15) is 5.10 Å². The highest BCUT2D eigenvalue weighted by Gasteiger charge is 2.20. The minimum atomic E-state index is -0.649. The van der Waals surface area contributed by atoms with Gasteiger partial charge in [0, 0.05) is 11.3 Å². The number of benzene rings is 3. The normalized spacial score (nSPS) is 10.7. The number of hydrogen-bond donors (Lipinski definition) is 2. The fraction of sp³-hybridized carbons (Fsp3) is 0.0385. The maximum atomic E-state index is 12.8. The lowest BCUT2D eigenvalue weighted by Crippen LogP contribution is -2.42.